The highest BCUT2D eigenvalue weighted by Crippen LogP contribution is 2.47. The maximum atomic E-state index is 14.7. The molecule has 0 atom stereocenters. The molecule has 8 heteroatoms. The summed E-state index contributed by atoms with van der Waals surface area (Å²) in [5, 5.41) is 14.0. The number of benzene rings is 2. The highest BCUT2D eigenvalue weighted by atomic mass is 19.4. The molecular weight excluding hydrogens is 424 g/mol. The normalized spacial score (nSPS) is 15.6. The number of rotatable bonds is 7. The monoisotopic (exact) mass is 446 g/mol. The van der Waals surface area contributed by atoms with Crippen molar-refractivity contribution in [2.75, 3.05) is 6.61 Å². The summed E-state index contributed by atoms with van der Waals surface area (Å²) in [5.41, 5.74) is 3.27. The predicted octanol–water partition coefficient (Wildman–Crippen LogP) is 5.63. The van der Waals surface area contributed by atoms with E-state index in [1.807, 2.05) is 25.1 Å². The summed E-state index contributed by atoms with van der Waals surface area (Å²) >= 11 is 0. The zero-order valence-corrected chi connectivity index (χ0v) is 17.4. The Morgan fingerprint density at radius 1 is 1.16 bits per heavy atom. The molecule has 0 bridgehead atoms. The molecule has 1 N–H and O–H groups in total. The molecule has 0 aliphatic heterocycles. The number of hydrogen-bond donors (Lipinski definition) is 1. The molecule has 0 radical (unpaired) electrons. The van der Waals surface area contributed by atoms with Gasteiger partial charge in [-0.05, 0) is 60.7 Å². The first-order chi connectivity index (χ1) is 15.2. The maximum Gasteiger partial charge on any atom is 0.573 e. The average Bonchev–Trinajstić information content (AvgIpc) is 3.47. The van der Waals surface area contributed by atoms with Crippen LogP contribution in [0.2, 0.25) is 0 Å². The molecule has 0 spiro atoms. The van der Waals surface area contributed by atoms with Gasteiger partial charge in [-0.3, -0.25) is 4.68 Å². The van der Waals surface area contributed by atoms with Crippen LogP contribution in [0.5, 0.6) is 5.75 Å². The van der Waals surface area contributed by atoms with E-state index in [4.69, 9.17) is 0 Å². The molecule has 0 unspecified atom stereocenters. The van der Waals surface area contributed by atoms with Crippen molar-refractivity contribution in [3.05, 3.63) is 82.7 Å². The number of aliphatic hydroxyl groups excluding tert-OH is 1. The van der Waals surface area contributed by atoms with Crippen molar-refractivity contribution in [1.82, 2.24) is 9.78 Å². The second-order valence-corrected chi connectivity index (χ2v) is 8.08. The van der Waals surface area contributed by atoms with Crippen LogP contribution in [-0.2, 0) is 12.0 Å². The Hall–Kier alpha value is -3.13. The Morgan fingerprint density at radius 2 is 1.88 bits per heavy atom. The van der Waals surface area contributed by atoms with E-state index in [1.165, 1.54) is 18.2 Å². The fraction of sp³-hybridized carbons (Fsp3) is 0.292. The lowest BCUT2D eigenvalue weighted by atomic mass is 9.95. The van der Waals surface area contributed by atoms with Crippen molar-refractivity contribution >= 4 is 11.9 Å². The highest BCUT2D eigenvalue weighted by molar-refractivity contribution is 5.75. The molecule has 4 rings (SSSR count). The lowest BCUT2D eigenvalue weighted by Crippen LogP contribution is -2.16. The summed E-state index contributed by atoms with van der Waals surface area (Å²) in [7, 11) is 0. The number of aryl methyl sites for hydroxylation is 1. The molecule has 2 aromatic carbocycles. The molecule has 1 aliphatic rings. The van der Waals surface area contributed by atoms with Gasteiger partial charge in [0, 0.05) is 11.1 Å². The minimum absolute atomic E-state index is 0.126. The fourth-order valence-electron chi connectivity index (χ4n) is 3.63. The minimum Gasteiger partial charge on any atom is -0.406 e. The topological polar surface area (TPSA) is 47.3 Å². The Kier molecular flexibility index (Phi) is 5.81. The van der Waals surface area contributed by atoms with Gasteiger partial charge in [-0.2, -0.15) is 5.10 Å². The number of nitrogens with zero attached hydrogens (tertiary/aromatic N) is 2. The third-order valence-corrected chi connectivity index (χ3v) is 5.66. The van der Waals surface area contributed by atoms with Crippen LogP contribution in [0, 0.1) is 6.92 Å². The number of ether oxygens (including phenoxy) is 1. The molecule has 4 nitrogen and oxygen atoms in total. The van der Waals surface area contributed by atoms with Gasteiger partial charge in [0.2, 0.25) is 0 Å². The van der Waals surface area contributed by atoms with Crippen molar-refractivity contribution in [1.29, 1.82) is 0 Å². The number of hydrogen-bond acceptors (Lipinski definition) is 3. The SMILES string of the molecule is Cc1cc(/C(F)=C/c2ccc(OC(F)(F)F)cc2)nn1Cc1cccc(C2(CO)CC2)c1. The van der Waals surface area contributed by atoms with Gasteiger partial charge in [0.25, 0.3) is 0 Å². The van der Waals surface area contributed by atoms with Crippen molar-refractivity contribution in [3.8, 4) is 5.75 Å². The van der Waals surface area contributed by atoms with E-state index in [9.17, 15) is 22.7 Å². The van der Waals surface area contributed by atoms with Crippen LogP contribution in [-0.4, -0.2) is 27.9 Å². The molecule has 168 valence electrons. The summed E-state index contributed by atoms with van der Waals surface area (Å²) in [4.78, 5) is 0. The van der Waals surface area contributed by atoms with Gasteiger partial charge >= 0.3 is 6.36 Å². The van der Waals surface area contributed by atoms with E-state index in [0.717, 1.165) is 41.8 Å². The molecule has 0 saturated heterocycles. The number of aliphatic hydroxyl groups is 1. The summed E-state index contributed by atoms with van der Waals surface area (Å²) in [6.07, 6.45) is -1.62. The van der Waals surface area contributed by atoms with Gasteiger partial charge < -0.3 is 9.84 Å². The summed E-state index contributed by atoms with van der Waals surface area (Å²) in [6, 6.07) is 14.5. The van der Waals surface area contributed by atoms with Gasteiger partial charge in [-0.1, -0.05) is 36.4 Å². The van der Waals surface area contributed by atoms with E-state index in [-0.39, 0.29) is 23.5 Å². The van der Waals surface area contributed by atoms with Gasteiger partial charge in [0.15, 0.2) is 5.83 Å². The fourth-order valence-corrected chi connectivity index (χ4v) is 3.63. The molecule has 0 amide bonds. The van der Waals surface area contributed by atoms with Crippen molar-refractivity contribution < 1.29 is 27.4 Å². The Bertz CT molecular complexity index is 1130. The van der Waals surface area contributed by atoms with Crippen LogP contribution in [0.25, 0.3) is 11.9 Å². The predicted molar refractivity (Wildman–Crippen MR) is 113 cm³/mol. The average molecular weight is 446 g/mol. The van der Waals surface area contributed by atoms with Gasteiger partial charge in [-0.25, -0.2) is 4.39 Å². The second kappa shape index (κ2) is 8.43. The van der Waals surface area contributed by atoms with Crippen LogP contribution >= 0.6 is 0 Å². The van der Waals surface area contributed by atoms with Gasteiger partial charge in [0.05, 0.1) is 13.2 Å². The van der Waals surface area contributed by atoms with Crippen LogP contribution in [0.3, 0.4) is 0 Å². The van der Waals surface area contributed by atoms with Crippen molar-refractivity contribution in [2.45, 2.75) is 38.1 Å². The Balaban J connectivity index is 1.49. The van der Waals surface area contributed by atoms with E-state index in [2.05, 4.69) is 15.9 Å². The number of alkyl halides is 3. The molecule has 1 saturated carbocycles. The molecule has 1 fully saturated rings. The summed E-state index contributed by atoms with van der Waals surface area (Å²) < 4.78 is 57.0. The molecule has 32 heavy (non-hydrogen) atoms. The van der Waals surface area contributed by atoms with E-state index in [0.29, 0.717) is 12.1 Å². The van der Waals surface area contributed by atoms with E-state index < -0.39 is 12.2 Å². The smallest absolute Gasteiger partial charge is 0.406 e. The van der Waals surface area contributed by atoms with E-state index in [1.54, 1.807) is 10.7 Å². The standard InChI is InChI=1S/C24H22F4N2O2/c1-16-11-22(21(25)13-17-5-7-20(8-6-17)32-24(26,27)28)29-30(16)14-18-3-2-4-19(12-18)23(15-31)9-10-23/h2-8,11-13,31H,9-10,14-15H2,1H3/b21-13-. The molecule has 1 heterocycles. The first-order valence-corrected chi connectivity index (χ1v) is 10.2. The van der Waals surface area contributed by atoms with Crippen molar-refractivity contribution in [3.63, 3.8) is 0 Å². The summed E-state index contributed by atoms with van der Waals surface area (Å²) in [5.74, 6) is -0.964. The lowest BCUT2D eigenvalue weighted by molar-refractivity contribution is -0.274. The molecule has 1 aromatic heterocycles. The van der Waals surface area contributed by atoms with Crippen LogP contribution in [0.4, 0.5) is 17.6 Å². The minimum atomic E-state index is -4.77. The van der Waals surface area contributed by atoms with Gasteiger partial charge in [-0.15, -0.1) is 13.2 Å². The van der Waals surface area contributed by atoms with Crippen molar-refractivity contribution in [2.24, 2.45) is 0 Å². The van der Waals surface area contributed by atoms with E-state index >= 15 is 0 Å². The quantitative estimate of drug-likeness (QED) is 0.479. The van der Waals surface area contributed by atoms with Gasteiger partial charge in [0.1, 0.15) is 11.4 Å². The van der Waals surface area contributed by atoms with Crippen LogP contribution < -0.4 is 4.74 Å². The Labute approximate surface area is 182 Å². The van der Waals surface area contributed by atoms with Crippen LogP contribution in [0.1, 0.15) is 40.9 Å². The third kappa shape index (κ3) is 5.02. The number of aromatic nitrogens is 2. The molecular formula is C24H22F4N2O2. The van der Waals surface area contributed by atoms with Crippen LogP contribution in [0.15, 0.2) is 54.6 Å². The molecule has 3 aromatic rings. The first-order valence-electron chi connectivity index (χ1n) is 10.2. The third-order valence-electron chi connectivity index (χ3n) is 5.66. The summed E-state index contributed by atoms with van der Waals surface area (Å²) in [6.45, 7) is 2.41. The largest absolute Gasteiger partial charge is 0.573 e. The molecule has 1 aliphatic carbocycles. The lowest BCUT2D eigenvalue weighted by Gasteiger charge is -2.14. The Morgan fingerprint density at radius 3 is 2.50 bits per heavy atom. The maximum absolute atomic E-state index is 14.7. The zero-order chi connectivity index (χ0) is 22.9. The first kappa shape index (κ1) is 22.1. The second-order valence-electron chi connectivity index (χ2n) is 8.08. The highest BCUT2D eigenvalue weighted by Gasteiger charge is 2.43. The number of halogens is 4. The zero-order valence-electron chi connectivity index (χ0n) is 17.4.